The van der Waals surface area contributed by atoms with Gasteiger partial charge >= 0.3 is 0 Å². The van der Waals surface area contributed by atoms with Crippen LogP contribution < -0.4 is 16.6 Å². The summed E-state index contributed by atoms with van der Waals surface area (Å²) in [7, 11) is 0. The summed E-state index contributed by atoms with van der Waals surface area (Å²) in [5.41, 5.74) is 8.25. The maximum absolute atomic E-state index is 12.1. The zero-order chi connectivity index (χ0) is 15.0. The van der Waals surface area contributed by atoms with Gasteiger partial charge in [0.1, 0.15) is 0 Å². The number of rotatable bonds is 2. The highest BCUT2D eigenvalue weighted by atomic mass is 35.5. The van der Waals surface area contributed by atoms with E-state index in [9.17, 15) is 4.79 Å². The first-order chi connectivity index (χ1) is 10.0. The van der Waals surface area contributed by atoms with E-state index in [1.54, 1.807) is 18.2 Å². The molecule has 0 saturated heterocycles. The van der Waals surface area contributed by atoms with Crippen LogP contribution in [0.2, 0.25) is 5.02 Å². The van der Waals surface area contributed by atoms with Gasteiger partial charge in [0.05, 0.1) is 21.6 Å². The largest absolute Gasteiger partial charge is 0.399 e. The Morgan fingerprint density at radius 2 is 2.05 bits per heavy atom. The van der Waals surface area contributed by atoms with Crippen LogP contribution in [0.15, 0.2) is 41.2 Å². The highest BCUT2D eigenvalue weighted by molar-refractivity contribution is 6.33. The fourth-order valence-corrected chi connectivity index (χ4v) is 2.35. The van der Waals surface area contributed by atoms with Crippen LogP contribution in [0.25, 0.3) is 10.9 Å². The summed E-state index contributed by atoms with van der Waals surface area (Å²) in [6, 6.07) is 10.6. The molecule has 2 aromatic carbocycles. The Bertz CT molecular complexity index is 888. The van der Waals surface area contributed by atoms with Crippen molar-refractivity contribution in [3.05, 3.63) is 57.3 Å². The van der Waals surface area contributed by atoms with Gasteiger partial charge in [0, 0.05) is 5.69 Å². The minimum absolute atomic E-state index is 0.252. The number of aromatic nitrogens is 2. The molecule has 0 amide bonds. The third kappa shape index (κ3) is 2.68. The summed E-state index contributed by atoms with van der Waals surface area (Å²) in [4.78, 5) is 19.1. The lowest BCUT2D eigenvalue weighted by Crippen LogP contribution is -2.11. The second kappa shape index (κ2) is 5.10. The number of aryl methyl sites for hydroxylation is 1. The zero-order valence-electron chi connectivity index (χ0n) is 11.3. The van der Waals surface area contributed by atoms with Gasteiger partial charge < -0.3 is 11.1 Å². The quantitative estimate of drug-likeness (QED) is 0.635. The third-order valence-electron chi connectivity index (χ3n) is 3.11. The van der Waals surface area contributed by atoms with E-state index in [4.69, 9.17) is 17.3 Å². The fourth-order valence-electron chi connectivity index (χ4n) is 2.06. The van der Waals surface area contributed by atoms with Crippen LogP contribution in [0.5, 0.6) is 0 Å². The van der Waals surface area contributed by atoms with Crippen LogP contribution in [-0.2, 0) is 0 Å². The average Bonchev–Trinajstić information content (AvgIpc) is 2.43. The Morgan fingerprint density at radius 3 is 2.81 bits per heavy atom. The highest BCUT2D eigenvalue weighted by Gasteiger charge is 2.06. The first-order valence-electron chi connectivity index (χ1n) is 6.36. The van der Waals surface area contributed by atoms with Gasteiger partial charge in [-0.1, -0.05) is 17.7 Å². The highest BCUT2D eigenvalue weighted by Crippen LogP contribution is 2.25. The number of fused-ring (bicyclic) bond motifs is 1. The van der Waals surface area contributed by atoms with E-state index >= 15 is 0 Å². The second-order valence-electron chi connectivity index (χ2n) is 4.80. The Labute approximate surface area is 125 Å². The number of hydrogen-bond acceptors (Lipinski definition) is 4. The van der Waals surface area contributed by atoms with Crippen molar-refractivity contribution in [1.29, 1.82) is 0 Å². The van der Waals surface area contributed by atoms with Crippen molar-refractivity contribution < 1.29 is 0 Å². The maximum Gasteiger partial charge on any atom is 0.260 e. The van der Waals surface area contributed by atoms with E-state index in [0.29, 0.717) is 33.2 Å². The van der Waals surface area contributed by atoms with Crippen LogP contribution in [0.3, 0.4) is 0 Å². The summed E-state index contributed by atoms with van der Waals surface area (Å²) in [6.45, 7) is 1.95. The van der Waals surface area contributed by atoms with Gasteiger partial charge in [-0.15, -0.1) is 0 Å². The van der Waals surface area contributed by atoms with Crippen molar-refractivity contribution in [1.82, 2.24) is 9.97 Å². The summed E-state index contributed by atoms with van der Waals surface area (Å²) in [5.74, 6) is 0.336. The zero-order valence-corrected chi connectivity index (χ0v) is 12.0. The molecule has 4 N–H and O–H groups in total. The van der Waals surface area contributed by atoms with Crippen LogP contribution in [0.4, 0.5) is 17.3 Å². The standard InChI is InChI=1S/C15H13ClN4O/c1-8-2-4-13(11(16)6-8)19-15-18-12-5-3-9(17)7-10(12)14(21)20-15/h2-7H,17H2,1H3,(H2,18,19,20,21). The fraction of sp³-hybridized carbons (Fsp3) is 0.0667. The molecule has 1 heterocycles. The molecule has 3 rings (SSSR count). The van der Waals surface area contributed by atoms with Crippen molar-refractivity contribution in [2.75, 3.05) is 11.1 Å². The van der Waals surface area contributed by atoms with Crippen LogP contribution in [0, 0.1) is 6.92 Å². The van der Waals surface area contributed by atoms with Crippen molar-refractivity contribution in [3.63, 3.8) is 0 Å². The minimum atomic E-state index is -0.252. The van der Waals surface area contributed by atoms with E-state index < -0.39 is 0 Å². The van der Waals surface area contributed by atoms with Gasteiger partial charge in [0.2, 0.25) is 5.95 Å². The lowest BCUT2D eigenvalue weighted by Gasteiger charge is -2.09. The van der Waals surface area contributed by atoms with E-state index in [1.807, 2.05) is 25.1 Å². The van der Waals surface area contributed by atoms with Crippen LogP contribution >= 0.6 is 11.6 Å². The molecule has 6 heteroatoms. The molecule has 0 bridgehead atoms. The maximum atomic E-state index is 12.1. The Morgan fingerprint density at radius 1 is 1.24 bits per heavy atom. The van der Waals surface area contributed by atoms with Crippen molar-refractivity contribution >= 4 is 39.8 Å². The molecule has 106 valence electrons. The van der Waals surface area contributed by atoms with Crippen molar-refractivity contribution in [2.45, 2.75) is 6.92 Å². The second-order valence-corrected chi connectivity index (χ2v) is 5.21. The molecular formula is C15H13ClN4O. The van der Waals surface area contributed by atoms with Gasteiger partial charge in [0.15, 0.2) is 0 Å². The predicted octanol–water partition coefficient (Wildman–Crippen LogP) is 3.21. The lowest BCUT2D eigenvalue weighted by atomic mass is 10.2. The van der Waals surface area contributed by atoms with E-state index in [2.05, 4.69) is 15.3 Å². The normalized spacial score (nSPS) is 10.8. The molecule has 0 spiro atoms. The number of nitrogen functional groups attached to an aromatic ring is 1. The van der Waals surface area contributed by atoms with Crippen molar-refractivity contribution in [2.24, 2.45) is 0 Å². The Balaban J connectivity index is 2.05. The third-order valence-corrected chi connectivity index (χ3v) is 3.42. The molecule has 0 aliphatic rings. The monoisotopic (exact) mass is 300 g/mol. The first kappa shape index (κ1) is 13.5. The molecule has 3 aromatic rings. The molecule has 0 aliphatic heterocycles. The van der Waals surface area contributed by atoms with Crippen LogP contribution in [-0.4, -0.2) is 9.97 Å². The van der Waals surface area contributed by atoms with Crippen molar-refractivity contribution in [3.8, 4) is 0 Å². The molecule has 1 aromatic heterocycles. The predicted molar refractivity (Wildman–Crippen MR) is 86.2 cm³/mol. The molecule has 0 atom stereocenters. The number of benzene rings is 2. The van der Waals surface area contributed by atoms with E-state index in [-0.39, 0.29) is 5.56 Å². The van der Waals surface area contributed by atoms with Gasteiger partial charge in [-0.3, -0.25) is 9.78 Å². The summed E-state index contributed by atoms with van der Waals surface area (Å²) in [6.07, 6.45) is 0. The summed E-state index contributed by atoms with van der Waals surface area (Å²) in [5, 5.41) is 4.04. The number of aromatic amines is 1. The number of halogens is 1. The number of nitrogens with two attached hydrogens (primary N) is 1. The Kier molecular flexibility index (Phi) is 3.27. The molecule has 0 radical (unpaired) electrons. The summed E-state index contributed by atoms with van der Waals surface area (Å²) >= 11 is 6.16. The van der Waals surface area contributed by atoms with E-state index in [1.165, 1.54) is 0 Å². The smallest absolute Gasteiger partial charge is 0.260 e. The van der Waals surface area contributed by atoms with Gasteiger partial charge in [-0.05, 0) is 42.8 Å². The Hall–Kier alpha value is -2.53. The van der Waals surface area contributed by atoms with E-state index in [0.717, 1.165) is 5.56 Å². The first-order valence-corrected chi connectivity index (χ1v) is 6.73. The molecule has 0 aliphatic carbocycles. The number of hydrogen-bond donors (Lipinski definition) is 3. The molecule has 0 unspecified atom stereocenters. The van der Waals surface area contributed by atoms with Crippen LogP contribution in [0.1, 0.15) is 5.56 Å². The topological polar surface area (TPSA) is 83.8 Å². The number of H-pyrrole nitrogens is 1. The molecule has 0 fully saturated rings. The molecular weight excluding hydrogens is 288 g/mol. The van der Waals surface area contributed by atoms with Gasteiger partial charge in [-0.25, -0.2) is 4.98 Å². The SMILES string of the molecule is Cc1ccc(Nc2nc3ccc(N)cc3c(=O)[nH]2)c(Cl)c1. The molecule has 0 saturated carbocycles. The number of nitrogens with zero attached hydrogens (tertiary/aromatic N) is 1. The molecule has 21 heavy (non-hydrogen) atoms. The number of anilines is 3. The van der Waals surface area contributed by atoms with Gasteiger partial charge in [0.25, 0.3) is 5.56 Å². The molecule has 5 nitrogen and oxygen atoms in total. The average molecular weight is 301 g/mol. The van der Waals surface area contributed by atoms with Gasteiger partial charge in [-0.2, -0.15) is 0 Å². The number of nitrogens with one attached hydrogen (secondary N) is 2. The minimum Gasteiger partial charge on any atom is -0.399 e. The lowest BCUT2D eigenvalue weighted by molar-refractivity contribution is 1.17. The summed E-state index contributed by atoms with van der Waals surface area (Å²) < 4.78 is 0.